The standard InChI is InChI=1S/C18H13Cl2FN4O3/c19-10-5-6-11(13(20)9-10)16(26)22-7-8-23-17(27)18-24-15(25-28-18)12-3-1-2-4-14(12)21/h1-6,9H,7-8H2,(H,22,26)(H,23,27). The molecule has 0 aliphatic carbocycles. The minimum Gasteiger partial charge on any atom is -0.350 e. The van der Waals surface area contributed by atoms with E-state index in [-0.39, 0.29) is 41.0 Å². The molecule has 10 heteroatoms. The Morgan fingerprint density at radius 2 is 1.75 bits per heavy atom. The van der Waals surface area contributed by atoms with Crippen molar-refractivity contribution in [1.82, 2.24) is 20.8 Å². The van der Waals surface area contributed by atoms with Crippen LogP contribution in [0.2, 0.25) is 10.0 Å². The lowest BCUT2D eigenvalue weighted by Gasteiger charge is -2.07. The first-order chi connectivity index (χ1) is 13.5. The van der Waals surface area contributed by atoms with Crippen LogP contribution in [0.5, 0.6) is 0 Å². The first-order valence-corrected chi connectivity index (χ1v) is 8.81. The summed E-state index contributed by atoms with van der Waals surface area (Å²) < 4.78 is 18.6. The maximum absolute atomic E-state index is 13.7. The van der Waals surface area contributed by atoms with Crippen LogP contribution in [-0.4, -0.2) is 35.0 Å². The maximum atomic E-state index is 13.7. The molecule has 0 saturated heterocycles. The first-order valence-electron chi connectivity index (χ1n) is 8.06. The van der Waals surface area contributed by atoms with E-state index in [4.69, 9.17) is 27.7 Å². The summed E-state index contributed by atoms with van der Waals surface area (Å²) in [5, 5.41) is 9.36. The number of carbonyl (C=O) groups is 2. The van der Waals surface area contributed by atoms with E-state index in [2.05, 4.69) is 20.8 Å². The number of hydrogen-bond donors (Lipinski definition) is 2. The van der Waals surface area contributed by atoms with Crippen LogP contribution < -0.4 is 10.6 Å². The summed E-state index contributed by atoms with van der Waals surface area (Å²) in [6.45, 7) is 0.241. The van der Waals surface area contributed by atoms with E-state index in [1.54, 1.807) is 12.1 Å². The fourth-order valence-corrected chi connectivity index (χ4v) is 2.76. The van der Waals surface area contributed by atoms with Crippen LogP contribution >= 0.6 is 23.2 Å². The van der Waals surface area contributed by atoms with Gasteiger partial charge in [0.15, 0.2) is 0 Å². The number of aromatic nitrogens is 2. The maximum Gasteiger partial charge on any atom is 0.316 e. The number of amides is 2. The molecule has 1 heterocycles. The number of nitrogens with one attached hydrogen (secondary N) is 2. The molecule has 0 fully saturated rings. The highest BCUT2D eigenvalue weighted by molar-refractivity contribution is 6.36. The van der Waals surface area contributed by atoms with Crippen molar-refractivity contribution in [3.63, 3.8) is 0 Å². The molecule has 2 aromatic carbocycles. The fraction of sp³-hybridized carbons (Fsp3) is 0.111. The quantitative estimate of drug-likeness (QED) is 0.593. The Labute approximate surface area is 168 Å². The summed E-state index contributed by atoms with van der Waals surface area (Å²) in [5.74, 6) is -1.93. The van der Waals surface area contributed by atoms with Gasteiger partial charge in [0, 0.05) is 18.1 Å². The van der Waals surface area contributed by atoms with Crippen molar-refractivity contribution in [2.24, 2.45) is 0 Å². The number of carbonyl (C=O) groups excluding carboxylic acids is 2. The lowest BCUT2D eigenvalue weighted by Crippen LogP contribution is -2.34. The van der Waals surface area contributed by atoms with Gasteiger partial charge in [-0.05, 0) is 30.3 Å². The van der Waals surface area contributed by atoms with E-state index in [1.165, 1.54) is 30.3 Å². The SMILES string of the molecule is O=C(NCCNC(=O)c1ccc(Cl)cc1Cl)c1nc(-c2ccccc2F)no1. The Bertz CT molecular complexity index is 1030. The molecule has 0 radical (unpaired) electrons. The molecule has 0 aliphatic rings. The van der Waals surface area contributed by atoms with E-state index in [0.29, 0.717) is 5.02 Å². The average Bonchev–Trinajstić information content (AvgIpc) is 3.15. The lowest BCUT2D eigenvalue weighted by molar-refractivity contribution is 0.0898. The zero-order chi connectivity index (χ0) is 20.1. The molecule has 3 rings (SSSR count). The van der Waals surface area contributed by atoms with Crippen molar-refractivity contribution in [2.75, 3.05) is 13.1 Å². The predicted octanol–water partition coefficient (Wildman–Crippen LogP) is 3.34. The van der Waals surface area contributed by atoms with Crippen LogP contribution in [0.1, 0.15) is 21.0 Å². The van der Waals surface area contributed by atoms with Crippen molar-refractivity contribution in [2.45, 2.75) is 0 Å². The fourth-order valence-electron chi connectivity index (χ4n) is 2.26. The van der Waals surface area contributed by atoms with Gasteiger partial charge in [-0.25, -0.2) is 4.39 Å². The van der Waals surface area contributed by atoms with Gasteiger partial charge in [-0.1, -0.05) is 40.5 Å². The van der Waals surface area contributed by atoms with E-state index < -0.39 is 17.6 Å². The number of nitrogens with zero attached hydrogens (tertiary/aromatic N) is 2. The summed E-state index contributed by atoms with van der Waals surface area (Å²) in [4.78, 5) is 28.0. The van der Waals surface area contributed by atoms with Crippen LogP contribution in [0.4, 0.5) is 4.39 Å². The van der Waals surface area contributed by atoms with Crippen LogP contribution in [-0.2, 0) is 0 Å². The van der Waals surface area contributed by atoms with Gasteiger partial charge < -0.3 is 15.2 Å². The molecular formula is C18H13Cl2FN4O3. The van der Waals surface area contributed by atoms with E-state index >= 15 is 0 Å². The van der Waals surface area contributed by atoms with Gasteiger partial charge in [0.05, 0.1) is 16.1 Å². The molecule has 3 aromatic rings. The van der Waals surface area contributed by atoms with Crippen LogP contribution in [0.15, 0.2) is 47.0 Å². The minimum atomic E-state index is -0.645. The Morgan fingerprint density at radius 1 is 1.04 bits per heavy atom. The molecule has 0 bridgehead atoms. The molecule has 1 aromatic heterocycles. The van der Waals surface area contributed by atoms with Crippen molar-refractivity contribution >= 4 is 35.0 Å². The van der Waals surface area contributed by atoms with Gasteiger partial charge in [-0.2, -0.15) is 4.98 Å². The molecule has 144 valence electrons. The minimum absolute atomic E-state index is 0.0334. The highest BCUT2D eigenvalue weighted by atomic mass is 35.5. The van der Waals surface area contributed by atoms with E-state index in [0.717, 1.165) is 0 Å². The molecule has 0 aliphatic heterocycles. The van der Waals surface area contributed by atoms with Crippen molar-refractivity contribution in [1.29, 1.82) is 0 Å². The third-order valence-corrected chi connectivity index (χ3v) is 4.15. The topological polar surface area (TPSA) is 97.1 Å². The van der Waals surface area contributed by atoms with E-state index in [1.807, 2.05) is 0 Å². The largest absolute Gasteiger partial charge is 0.350 e. The predicted molar refractivity (Wildman–Crippen MR) is 101 cm³/mol. The second-order valence-electron chi connectivity index (χ2n) is 5.54. The molecule has 7 nitrogen and oxygen atoms in total. The average molecular weight is 423 g/mol. The Morgan fingerprint density at radius 3 is 2.46 bits per heavy atom. The molecule has 0 saturated carbocycles. The van der Waals surface area contributed by atoms with Crippen molar-refractivity contribution < 1.29 is 18.5 Å². The second-order valence-corrected chi connectivity index (χ2v) is 6.38. The second kappa shape index (κ2) is 8.81. The molecular weight excluding hydrogens is 410 g/mol. The van der Waals surface area contributed by atoms with Crippen LogP contribution in [0, 0.1) is 5.82 Å². The Balaban J connectivity index is 1.51. The lowest BCUT2D eigenvalue weighted by atomic mass is 10.2. The monoisotopic (exact) mass is 422 g/mol. The number of hydrogen-bond acceptors (Lipinski definition) is 5. The molecule has 28 heavy (non-hydrogen) atoms. The van der Waals surface area contributed by atoms with Gasteiger partial charge in [0.2, 0.25) is 5.82 Å². The van der Waals surface area contributed by atoms with Gasteiger partial charge in [-0.3, -0.25) is 9.59 Å². The summed E-state index contributed by atoms with van der Waals surface area (Å²) in [5.41, 5.74) is 0.390. The van der Waals surface area contributed by atoms with Gasteiger partial charge >= 0.3 is 11.8 Å². The molecule has 2 amide bonds. The van der Waals surface area contributed by atoms with E-state index in [9.17, 15) is 14.0 Å². The van der Waals surface area contributed by atoms with Crippen LogP contribution in [0.25, 0.3) is 11.4 Å². The number of halogens is 3. The van der Waals surface area contributed by atoms with Crippen molar-refractivity contribution in [3.05, 3.63) is 69.8 Å². The third kappa shape index (κ3) is 4.65. The van der Waals surface area contributed by atoms with Gasteiger partial charge in [0.1, 0.15) is 5.82 Å². The molecule has 2 N–H and O–H groups in total. The smallest absolute Gasteiger partial charge is 0.316 e. The Kier molecular flexibility index (Phi) is 6.23. The summed E-state index contributed by atoms with van der Waals surface area (Å²) in [6, 6.07) is 10.4. The molecule has 0 unspecified atom stereocenters. The van der Waals surface area contributed by atoms with Gasteiger partial charge in [-0.15, -0.1) is 0 Å². The molecule has 0 spiro atoms. The Hall–Kier alpha value is -2.97. The summed E-state index contributed by atoms with van der Waals surface area (Å²) in [7, 11) is 0. The van der Waals surface area contributed by atoms with Crippen molar-refractivity contribution in [3.8, 4) is 11.4 Å². The first kappa shape index (κ1) is 19.8. The number of rotatable bonds is 6. The highest BCUT2D eigenvalue weighted by Gasteiger charge is 2.17. The zero-order valence-electron chi connectivity index (χ0n) is 14.2. The number of benzene rings is 2. The molecule has 0 atom stereocenters. The van der Waals surface area contributed by atoms with Crippen LogP contribution in [0.3, 0.4) is 0 Å². The highest BCUT2D eigenvalue weighted by Crippen LogP contribution is 2.21. The third-order valence-electron chi connectivity index (χ3n) is 3.61. The summed E-state index contributed by atoms with van der Waals surface area (Å²) >= 11 is 11.7. The zero-order valence-corrected chi connectivity index (χ0v) is 15.7. The summed E-state index contributed by atoms with van der Waals surface area (Å²) in [6.07, 6.45) is 0. The van der Waals surface area contributed by atoms with Gasteiger partial charge in [0.25, 0.3) is 5.91 Å². The normalized spacial score (nSPS) is 10.5.